The number of hydroxylamine groups is 1. The van der Waals surface area contributed by atoms with Crippen LogP contribution in [0, 0.1) is 0 Å². The average Bonchev–Trinajstić information content (AvgIpc) is 1.68. The fraction of sp³-hybridized carbons (Fsp3) is 0.500. The molecule has 0 aliphatic rings. The molecule has 0 unspecified atom stereocenters. The van der Waals surface area contributed by atoms with Gasteiger partial charge in [-0.15, -0.1) is 0 Å². The van der Waals surface area contributed by atoms with Crippen LogP contribution < -0.4 is 5.48 Å². The van der Waals surface area contributed by atoms with Gasteiger partial charge in [-0.05, 0) is 0 Å². The molecule has 0 radical (unpaired) electrons. The van der Waals surface area contributed by atoms with Crippen molar-refractivity contribution in [3.8, 4) is 0 Å². The number of hydrogen-bond acceptors (Lipinski definition) is 3. The first-order valence-corrected chi connectivity index (χ1v) is 2.50. The molecule has 0 saturated carbocycles. The Morgan fingerprint density at radius 1 is 1.86 bits per heavy atom. The lowest BCUT2D eigenvalue weighted by Crippen LogP contribution is -2.21. The molecule has 0 aliphatic carbocycles. The smallest absolute Gasteiger partial charge is 0.417 e. The topological polar surface area (TPSA) is 47.6 Å². The molecule has 0 aliphatic heterocycles. The Morgan fingerprint density at radius 3 is 2.57 bits per heavy atom. The number of nitrogens with one attached hydrogen (secondary N) is 1. The number of amides is 1. The van der Waals surface area contributed by atoms with Crippen LogP contribution >= 0.6 is 0 Å². The van der Waals surface area contributed by atoms with E-state index in [0.717, 1.165) is 0 Å². The predicted octanol–water partition coefficient (Wildman–Crippen LogP) is -1.45. The maximum Gasteiger partial charge on any atom is 0.417 e. The van der Waals surface area contributed by atoms with Crippen molar-refractivity contribution in [2.75, 3.05) is 7.11 Å². The first kappa shape index (κ1) is 6.45. The van der Waals surface area contributed by atoms with Gasteiger partial charge in [-0.25, -0.2) is 10.3 Å². The second kappa shape index (κ2) is 3.63. The largest absolute Gasteiger partial charge is 0.512 e. The zero-order chi connectivity index (χ0) is 5.70. The van der Waals surface area contributed by atoms with E-state index in [1.807, 2.05) is 5.48 Å². The maximum absolute atomic E-state index is 9.99. The quantitative estimate of drug-likeness (QED) is 0.341. The van der Waals surface area contributed by atoms with E-state index in [0.29, 0.717) is 10.5 Å². The summed E-state index contributed by atoms with van der Waals surface area (Å²) in [5.74, 6) is 0. The summed E-state index contributed by atoms with van der Waals surface area (Å²) in [4.78, 5) is 14.2. The second-order valence-electron chi connectivity index (χ2n) is 0.798. The van der Waals surface area contributed by atoms with Gasteiger partial charge in [0.05, 0.1) is 7.11 Å². The Bertz CT molecular complexity index is 66.0. The Balaban J connectivity index is 3.00. The molecule has 7 heavy (non-hydrogen) atoms. The first-order valence-electron chi connectivity index (χ1n) is 1.68. The van der Waals surface area contributed by atoms with E-state index in [2.05, 4.69) is 9.26 Å². The molecule has 0 saturated heterocycles. The minimum Gasteiger partial charge on any atom is -0.512 e. The molecule has 5 heteroatoms. The molecule has 0 aromatic carbocycles. The highest BCUT2D eigenvalue weighted by Gasteiger charge is 1.89. The molecule has 1 amide bonds. The van der Waals surface area contributed by atoms with Crippen LogP contribution in [0.5, 0.6) is 0 Å². The summed E-state index contributed by atoms with van der Waals surface area (Å²) in [6.45, 7) is 0. The molecule has 0 atom stereocenters. The fourth-order valence-corrected chi connectivity index (χ4v) is 0.208. The van der Waals surface area contributed by atoms with Crippen LogP contribution in [0.2, 0.25) is 0 Å². The van der Waals surface area contributed by atoms with Gasteiger partial charge in [0.1, 0.15) is 0 Å². The molecular weight excluding hydrogens is 114 g/mol. The average molecular weight is 121 g/mol. The molecule has 42 valence electrons. The summed E-state index contributed by atoms with van der Waals surface area (Å²) < 4.78 is 4.25. The van der Waals surface area contributed by atoms with Gasteiger partial charge in [0.2, 0.25) is 10.5 Å². The van der Waals surface area contributed by atoms with E-state index in [9.17, 15) is 4.79 Å². The van der Waals surface area contributed by atoms with Crippen molar-refractivity contribution in [2.45, 2.75) is 0 Å². The molecular formula is C2H7NO3Si. The zero-order valence-corrected chi connectivity index (χ0v) is 6.22. The van der Waals surface area contributed by atoms with Crippen molar-refractivity contribution < 1.29 is 14.1 Å². The van der Waals surface area contributed by atoms with Crippen molar-refractivity contribution in [1.82, 2.24) is 5.48 Å². The Hall–Kier alpha value is -0.553. The highest BCUT2D eigenvalue weighted by atomic mass is 28.2. The van der Waals surface area contributed by atoms with Crippen LogP contribution in [0.3, 0.4) is 0 Å². The lowest BCUT2D eigenvalue weighted by Gasteiger charge is -1.96. The molecule has 0 heterocycles. The van der Waals surface area contributed by atoms with Gasteiger partial charge in [0.15, 0.2) is 0 Å². The minimum absolute atomic E-state index is 0.395. The number of rotatable bonds is 1. The van der Waals surface area contributed by atoms with Crippen LogP contribution in [0.1, 0.15) is 0 Å². The third-order valence-corrected chi connectivity index (χ3v) is 0.742. The van der Waals surface area contributed by atoms with Crippen LogP contribution in [0.15, 0.2) is 0 Å². The third kappa shape index (κ3) is 3.27. The van der Waals surface area contributed by atoms with Crippen LogP contribution in [-0.2, 0) is 9.26 Å². The molecule has 1 N–H and O–H groups in total. The molecule has 0 fully saturated rings. The van der Waals surface area contributed by atoms with Gasteiger partial charge < -0.3 is 4.43 Å². The first-order chi connectivity index (χ1) is 3.31. The normalized spacial score (nSPS) is 8.14. The van der Waals surface area contributed by atoms with Gasteiger partial charge in [-0.2, -0.15) is 0 Å². The molecule has 0 aromatic rings. The molecule has 0 rings (SSSR count). The summed E-state index contributed by atoms with van der Waals surface area (Å²) in [5, 5.41) is 0. The Labute approximate surface area is 44.3 Å². The van der Waals surface area contributed by atoms with Crippen LogP contribution in [0.25, 0.3) is 0 Å². The van der Waals surface area contributed by atoms with Crippen LogP contribution in [0.4, 0.5) is 4.79 Å². The molecule has 4 nitrogen and oxygen atoms in total. The van der Waals surface area contributed by atoms with Gasteiger partial charge in [-0.3, -0.25) is 4.84 Å². The number of hydrogen-bond donors (Lipinski definition) is 1. The van der Waals surface area contributed by atoms with Gasteiger partial charge in [0, 0.05) is 0 Å². The van der Waals surface area contributed by atoms with Crippen molar-refractivity contribution in [2.24, 2.45) is 0 Å². The minimum atomic E-state index is -0.533. The number of carbonyl (C=O) groups excluding carboxylic acids is 1. The van der Waals surface area contributed by atoms with Crippen molar-refractivity contribution >= 4 is 16.6 Å². The summed E-state index contributed by atoms with van der Waals surface area (Å²) >= 11 is 0. The fourth-order valence-electron chi connectivity index (χ4n) is 0.125. The summed E-state index contributed by atoms with van der Waals surface area (Å²) in [6.07, 6.45) is -0.533. The highest BCUT2D eigenvalue weighted by molar-refractivity contribution is 6.04. The highest BCUT2D eigenvalue weighted by Crippen LogP contribution is 1.65. The maximum atomic E-state index is 9.99. The van der Waals surface area contributed by atoms with Crippen molar-refractivity contribution in [1.29, 1.82) is 0 Å². The molecule has 0 bridgehead atoms. The van der Waals surface area contributed by atoms with E-state index >= 15 is 0 Å². The molecule has 0 spiro atoms. The summed E-state index contributed by atoms with van der Waals surface area (Å²) in [7, 11) is 1.74. The monoisotopic (exact) mass is 121 g/mol. The Kier molecular flexibility index (Phi) is 3.34. The van der Waals surface area contributed by atoms with Gasteiger partial charge in [0.25, 0.3) is 0 Å². The van der Waals surface area contributed by atoms with E-state index < -0.39 is 6.09 Å². The Morgan fingerprint density at radius 2 is 2.43 bits per heavy atom. The lowest BCUT2D eigenvalue weighted by atomic mass is 11.3. The van der Waals surface area contributed by atoms with Crippen molar-refractivity contribution in [3.05, 3.63) is 0 Å². The van der Waals surface area contributed by atoms with Crippen LogP contribution in [-0.4, -0.2) is 23.7 Å². The van der Waals surface area contributed by atoms with E-state index in [1.54, 1.807) is 0 Å². The second-order valence-corrected chi connectivity index (χ2v) is 1.21. The standard InChI is InChI=1S/C2H7NO3Si/c1-5-3-2(4)6-7/h1,7H3,(H,3,4). The summed E-state index contributed by atoms with van der Waals surface area (Å²) in [6, 6.07) is 0. The SMILES string of the molecule is CONC(=O)O[SiH3]. The third-order valence-electron chi connectivity index (χ3n) is 0.371. The summed E-state index contributed by atoms with van der Waals surface area (Å²) in [5.41, 5.74) is 1.97. The van der Waals surface area contributed by atoms with E-state index in [-0.39, 0.29) is 0 Å². The zero-order valence-electron chi connectivity index (χ0n) is 4.22. The van der Waals surface area contributed by atoms with Gasteiger partial charge in [-0.1, -0.05) is 0 Å². The van der Waals surface area contributed by atoms with E-state index in [1.165, 1.54) is 7.11 Å². The van der Waals surface area contributed by atoms with Crippen molar-refractivity contribution in [3.63, 3.8) is 0 Å². The predicted molar refractivity (Wildman–Crippen MR) is 26.6 cm³/mol. The lowest BCUT2D eigenvalue weighted by molar-refractivity contribution is 0.0862. The van der Waals surface area contributed by atoms with Gasteiger partial charge >= 0.3 is 6.09 Å². The number of carbonyl (C=O) groups is 1. The van der Waals surface area contributed by atoms with E-state index in [4.69, 9.17) is 0 Å². The molecule has 0 aromatic heterocycles.